The number of hydrogen-bond donors (Lipinski definition) is 0. The third-order valence-corrected chi connectivity index (χ3v) is 5.79. The van der Waals surface area contributed by atoms with Gasteiger partial charge in [0.05, 0.1) is 6.04 Å². The van der Waals surface area contributed by atoms with E-state index in [1.165, 1.54) is 38.7 Å². The highest BCUT2D eigenvalue weighted by Gasteiger charge is 2.33. The van der Waals surface area contributed by atoms with Gasteiger partial charge in [-0.15, -0.1) is 0 Å². The summed E-state index contributed by atoms with van der Waals surface area (Å²) in [7, 11) is 0. The molecular formula is C23H17N. The van der Waals surface area contributed by atoms with E-state index >= 15 is 0 Å². The maximum atomic E-state index is 2.54. The normalized spacial score (nSPS) is 17.2. The quantitative estimate of drug-likeness (QED) is 0.368. The van der Waals surface area contributed by atoms with Crippen LogP contribution < -0.4 is 0 Å². The lowest BCUT2D eigenvalue weighted by Crippen LogP contribution is -2.26. The van der Waals surface area contributed by atoms with Gasteiger partial charge in [0.2, 0.25) is 0 Å². The van der Waals surface area contributed by atoms with Gasteiger partial charge in [-0.3, -0.25) is 0 Å². The highest BCUT2D eigenvalue weighted by atomic mass is 15.0. The van der Waals surface area contributed by atoms with E-state index in [1.54, 1.807) is 5.56 Å². The fourth-order valence-corrected chi connectivity index (χ4v) is 4.77. The Morgan fingerprint density at radius 3 is 2.42 bits per heavy atom. The van der Waals surface area contributed by atoms with Gasteiger partial charge in [-0.05, 0) is 39.6 Å². The van der Waals surface area contributed by atoms with Gasteiger partial charge < -0.3 is 4.57 Å². The summed E-state index contributed by atoms with van der Waals surface area (Å²) in [6.07, 6.45) is 4.46. The van der Waals surface area contributed by atoms with Crippen molar-refractivity contribution in [3.63, 3.8) is 0 Å². The Morgan fingerprint density at radius 1 is 0.708 bits per heavy atom. The first-order valence-corrected chi connectivity index (χ1v) is 8.67. The molecule has 1 heteroatoms. The molecule has 0 amide bonds. The molecule has 1 atom stereocenters. The zero-order valence-electron chi connectivity index (χ0n) is 13.4. The summed E-state index contributed by atoms with van der Waals surface area (Å²) in [5.74, 6) is 0. The van der Waals surface area contributed by atoms with Crippen LogP contribution in [0.3, 0.4) is 0 Å². The highest BCUT2D eigenvalue weighted by Crippen LogP contribution is 2.45. The second kappa shape index (κ2) is 4.39. The van der Waals surface area contributed by atoms with Crippen LogP contribution in [-0.4, -0.2) is 4.57 Å². The van der Waals surface area contributed by atoms with Gasteiger partial charge in [0, 0.05) is 23.7 Å². The van der Waals surface area contributed by atoms with E-state index in [0.717, 1.165) is 12.8 Å². The van der Waals surface area contributed by atoms with Crippen LogP contribution in [0, 0.1) is 0 Å². The number of benzene rings is 3. The van der Waals surface area contributed by atoms with Crippen molar-refractivity contribution in [2.45, 2.75) is 18.9 Å². The van der Waals surface area contributed by atoms with Crippen LogP contribution >= 0.6 is 0 Å². The molecule has 4 aromatic rings. The molecule has 6 rings (SSSR count). The van der Waals surface area contributed by atoms with Crippen molar-refractivity contribution in [1.29, 1.82) is 0 Å². The van der Waals surface area contributed by atoms with Gasteiger partial charge >= 0.3 is 0 Å². The molecule has 0 fully saturated rings. The number of hydrogen-bond acceptors (Lipinski definition) is 0. The van der Waals surface area contributed by atoms with Crippen LogP contribution in [-0.2, 0) is 12.8 Å². The van der Waals surface area contributed by atoms with Crippen molar-refractivity contribution in [1.82, 2.24) is 4.57 Å². The molecule has 3 aromatic carbocycles. The third kappa shape index (κ3) is 1.50. The lowest BCUT2D eigenvalue weighted by Gasteiger charge is -2.36. The number of nitrogens with zero attached hydrogens (tertiary/aromatic N) is 1. The van der Waals surface area contributed by atoms with E-state index in [4.69, 9.17) is 0 Å². The molecule has 114 valence electrons. The van der Waals surface area contributed by atoms with E-state index in [2.05, 4.69) is 77.5 Å². The maximum Gasteiger partial charge on any atom is 0.0844 e. The van der Waals surface area contributed by atoms with Gasteiger partial charge in [0.25, 0.3) is 0 Å². The Morgan fingerprint density at radius 2 is 1.46 bits per heavy atom. The maximum absolute atomic E-state index is 2.54. The fourth-order valence-electron chi connectivity index (χ4n) is 4.77. The van der Waals surface area contributed by atoms with Crippen molar-refractivity contribution in [3.05, 3.63) is 106 Å². The van der Waals surface area contributed by atoms with E-state index in [-0.39, 0.29) is 0 Å². The SMILES string of the molecule is c1ccc2c(c1)Cc1cccc3c1C2n1cc2ccccc2c1C3. The molecule has 2 aliphatic rings. The summed E-state index contributed by atoms with van der Waals surface area (Å²) >= 11 is 0. The monoisotopic (exact) mass is 307 g/mol. The minimum Gasteiger partial charge on any atom is -0.338 e. The minimum absolute atomic E-state index is 0.331. The van der Waals surface area contributed by atoms with Crippen LogP contribution in [0.15, 0.2) is 72.9 Å². The first kappa shape index (κ1) is 12.6. The third-order valence-electron chi connectivity index (χ3n) is 5.79. The second-order valence-corrected chi connectivity index (χ2v) is 7.02. The molecule has 24 heavy (non-hydrogen) atoms. The van der Waals surface area contributed by atoms with Gasteiger partial charge in [-0.1, -0.05) is 66.7 Å². The van der Waals surface area contributed by atoms with Crippen LogP contribution in [0.4, 0.5) is 0 Å². The van der Waals surface area contributed by atoms with Crippen LogP contribution in [0.1, 0.15) is 39.6 Å². The number of fused-ring (bicyclic) bond motifs is 6. The number of rotatable bonds is 0. The average Bonchev–Trinajstić information content (AvgIpc) is 3.00. The summed E-state index contributed by atoms with van der Waals surface area (Å²) in [6.45, 7) is 0. The van der Waals surface area contributed by atoms with Crippen LogP contribution in [0.25, 0.3) is 10.8 Å². The van der Waals surface area contributed by atoms with Crippen LogP contribution in [0.2, 0.25) is 0 Å². The van der Waals surface area contributed by atoms with Crippen molar-refractivity contribution < 1.29 is 0 Å². The van der Waals surface area contributed by atoms with Crippen molar-refractivity contribution >= 4 is 10.8 Å². The largest absolute Gasteiger partial charge is 0.338 e. The molecule has 0 saturated heterocycles. The minimum atomic E-state index is 0.331. The predicted molar refractivity (Wildman–Crippen MR) is 97.7 cm³/mol. The Hall–Kier alpha value is -2.80. The van der Waals surface area contributed by atoms with E-state index < -0.39 is 0 Å². The molecule has 1 aliphatic heterocycles. The van der Waals surface area contributed by atoms with E-state index in [0.29, 0.717) is 6.04 Å². The van der Waals surface area contributed by atoms with Gasteiger partial charge in [-0.2, -0.15) is 0 Å². The van der Waals surface area contributed by atoms with E-state index in [9.17, 15) is 0 Å². The molecule has 0 N–H and O–H groups in total. The van der Waals surface area contributed by atoms with Gasteiger partial charge in [-0.25, -0.2) is 0 Å². The zero-order valence-corrected chi connectivity index (χ0v) is 13.4. The molecular weight excluding hydrogens is 290 g/mol. The van der Waals surface area contributed by atoms with Crippen molar-refractivity contribution in [2.24, 2.45) is 0 Å². The smallest absolute Gasteiger partial charge is 0.0844 e. The summed E-state index contributed by atoms with van der Waals surface area (Å²) in [5.41, 5.74) is 8.94. The van der Waals surface area contributed by atoms with E-state index in [1.807, 2.05) is 0 Å². The predicted octanol–water partition coefficient (Wildman–Crippen LogP) is 5.09. The molecule has 0 bridgehead atoms. The van der Waals surface area contributed by atoms with Crippen molar-refractivity contribution in [2.75, 3.05) is 0 Å². The Balaban J connectivity index is 1.74. The summed E-state index contributed by atoms with van der Waals surface area (Å²) in [6, 6.07) is 25.0. The molecule has 2 heterocycles. The molecule has 1 nitrogen and oxygen atoms in total. The summed E-state index contributed by atoms with van der Waals surface area (Å²) in [4.78, 5) is 0. The highest BCUT2D eigenvalue weighted by molar-refractivity contribution is 5.86. The Kier molecular flexibility index (Phi) is 2.30. The lowest BCUT2D eigenvalue weighted by atomic mass is 9.77. The summed E-state index contributed by atoms with van der Waals surface area (Å²) < 4.78 is 2.54. The lowest BCUT2D eigenvalue weighted by molar-refractivity contribution is 0.604. The number of aromatic nitrogens is 1. The zero-order chi connectivity index (χ0) is 15.7. The standard InChI is InChI=1S/C23H17N/c1-4-11-20-15(6-1)12-16-8-5-9-17-13-21-19-10-3-2-7-18(19)14-24(21)23(20)22(16)17/h1-11,14,23H,12-13H2. The van der Waals surface area contributed by atoms with Gasteiger partial charge in [0.15, 0.2) is 0 Å². The Labute approximate surface area is 141 Å². The fraction of sp³-hybridized carbons (Fsp3) is 0.130. The average molecular weight is 307 g/mol. The first-order valence-electron chi connectivity index (χ1n) is 8.67. The molecule has 0 radical (unpaired) electrons. The molecule has 1 unspecified atom stereocenters. The summed E-state index contributed by atoms with van der Waals surface area (Å²) in [5, 5.41) is 2.75. The molecule has 0 saturated carbocycles. The molecule has 1 aliphatic carbocycles. The van der Waals surface area contributed by atoms with Crippen LogP contribution in [0.5, 0.6) is 0 Å². The van der Waals surface area contributed by atoms with Crippen molar-refractivity contribution in [3.8, 4) is 0 Å². The second-order valence-electron chi connectivity index (χ2n) is 7.02. The topological polar surface area (TPSA) is 4.93 Å². The Bertz CT molecular complexity index is 1120. The van der Waals surface area contributed by atoms with Gasteiger partial charge in [0.1, 0.15) is 0 Å². The first-order chi connectivity index (χ1) is 11.9. The molecule has 1 aromatic heterocycles. The molecule has 0 spiro atoms.